The molecule has 2 N–H and O–H groups in total. The number of carbonyl (C=O) groups excluding carboxylic acids is 1. The number of aliphatic imine (C=N–C) groups is 1. The van der Waals surface area contributed by atoms with Crippen molar-refractivity contribution in [1.82, 2.24) is 15.5 Å². The fourth-order valence-electron chi connectivity index (χ4n) is 3.10. The lowest BCUT2D eigenvalue weighted by Crippen LogP contribution is -2.36. The molecule has 158 valence electrons. The Bertz CT molecular complexity index is 1060. The smallest absolute Gasteiger partial charge is 0.253 e. The molecule has 6 nitrogen and oxygen atoms in total. The molecule has 1 aromatic heterocycles. The topological polar surface area (TPSA) is 69.9 Å². The van der Waals surface area contributed by atoms with Gasteiger partial charge in [-0.25, -0.2) is 9.38 Å². The monoisotopic (exact) mass is 410 g/mol. The van der Waals surface area contributed by atoms with Gasteiger partial charge in [0.15, 0.2) is 5.96 Å². The minimum absolute atomic E-state index is 0.0267. The molecule has 30 heavy (non-hydrogen) atoms. The van der Waals surface area contributed by atoms with Crippen molar-refractivity contribution in [2.24, 2.45) is 4.99 Å². The van der Waals surface area contributed by atoms with Gasteiger partial charge >= 0.3 is 0 Å². The highest BCUT2D eigenvalue weighted by atomic mass is 19.1. The Labute approximate surface area is 175 Å². The number of hydrogen-bond donors (Lipinski definition) is 2. The summed E-state index contributed by atoms with van der Waals surface area (Å²) in [6, 6.07) is 12.0. The average molecular weight is 410 g/mol. The maximum atomic E-state index is 13.5. The van der Waals surface area contributed by atoms with Gasteiger partial charge in [0.1, 0.15) is 17.2 Å². The second-order valence-corrected chi connectivity index (χ2v) is 7.24. The average Bonchev–Trinajstić information content (AvgIpc) is 3.05. The molecule has 3 aromatic rings. The number of benzene rings is 2. The SMILES string of the molecule is CCNC(=NCc1ccc(C(=O)N(C)C)cc1)NCc1oc2ccc(F)cc2c1C. The fourth-order valence-corrected chi connectivity index (χ4v) is 3.10. The quantitative estimate of drug-likeness (QED) is 0.479. The molecule has 0 unspecified atom stereocenters. The molecule has 2 aromatic carbocycles. The lowest BCUT2D eigenvalue weighted by Gasteiger charge is -2.11. The largest absolute Gasteiger partial charge is 0.459 e. The molecule has 0 spiro atoms. The molecule has 0 aliphatic heterocycles. The van der Waals surface area contributed by atoms with Gasteiger partial charge in [-0.3, -0.25) is 4.79 Å². The molecule has 0 atom stereocenters. The summed E-state index contributed by atoms with van der Waals surface area (Å²) in [5, 5.41) is 7.24. The normalized spacial score (nSPS) is 11.6. The fraction of sp³-hybridized carbons (Fsp3) is 0.304. The van der Waals surface area contributed by atoms with Crippen LogP contribution in [0.4, 0.5) is 4.39 Å². The predicted molar refractivity (Wildman–Crippen MR) is 117 cm³/mol. The summed E-state index contributed by atoms with van der Waals surface area (Å²) in [4.78, 5) is 18.1. The van der Waals surface area contributed by atoms with Crippen molar-refractivity contribution in [1.29, 1.82) is 0 Å². The van der Waals surface area contributed by atoms with Crippen molar-refractivity contribution in [2.75, 3.05) is 20.6 Å². The second kappa shape index (κ2) is 9.43. The number of fused-ring (bicyclic) bond motifs is 1. The molecule has 0 radical (unpaired) electrons. The van der Waals surface area contributed by atoms with Crippen molar-refractivity contribution in [3.8, 4) is 0 Å². The zero-order valence-corrected chi connectivity index (χ0v) is 17.8. The van der Waals surface area contributed by atoms with Crippen LogP contribution in [-0.4, -0.2) is 37.4 Å². The minimum Gasteiger partial charge on any atom is -0.459 e. The maximum absolute atomic E-state index is 13.5. The van der Waals surface area contributed by atoms with Crippen LogP contribution in [0.15, 0.2) is 51.9 Å². The molecular weight excluding hydrogens is 383 g/mol. The van der Waals surface area contributed by atoms with E-state index >= 15 is 0 Å². The highest BCUT2D eigenvalue weighted by Crippen LogP contribution is 2.25. The first kappa shape index (κ1) is 21.4. The summed E-state index contributed by atoms with van der Waals surface area (Å²) in [7, 11) is 3.46. The third kappa shape index (κ3) is 4.97. The molecule has 0 fully saturated rings. The van der Waals surface area contributed by atoms with Crippen LogP contribution in [-0.2, 0) is 13.1 Å². The van der Waals surface area contributed by atoms with Crippen LogP contribution in [0.3, 0.4) is 0 Å². The van der Waals surface area contributed by atoms with E-state index in [1.165, 1.54) is 12.1 Å². The van der Waals surface area contributed by atoms with E-state index in [-0.39, 0.29) is 11.7 Å². The Morgan fingerprint density at radius 2 is 1.87 bits per heavy atom. The molecule has 0 aliphatic carbocycles. The van der Waals surface area contributed by atoms with Gasteiger partial charge in [-0.05, 0) is 49.7 Å². The zero-order valence-electron chi connectivity index (χ0n) is 17.8. The van der Waals surface area contributed by atoms with E-state index in [0.717, 1.165) is 22.3 Å². The summed E-state index contributed by atoms with van der Waals surface area (Å²) < 4.78 is 19.4. The number of carbonyl (C=O) groups is 1. The Balaban J connectivity index is 1.68. The molecule has 3 rings (SSSR count). The van der Waals surface area contributed by atoms with Crippen LogP contribution in [0.25, 0.3) is 11.0 Å². The number of nitrogens with zero attached hydrogens (tertiary/aromatic N) is 2. The van der Waals surface area contributed by atoms with E-state index in [1.54, 1.807) is 25.1 Å². The summed E-state index contributed by atoms with van der Waals surface area (Å²) in [5.74, 6) is 1.09. The Morgan fingerprint density at radius 1 is 1.13 bits per heavy atom. The third-order valence-electron chi connectivity index (χ3n) is 4.78. The Morgan fingerprint density at radius 3 is 2.53 bits per heavy atom. The van der Waals surface area contributed by atoms with Crippen LogP contribution < -0.4 is 10.6 Å². The van der Waals surface area contributed by atoms with Gasteiger partial charge in [-0.15, -0.1) is 0 Å². The van der Waals surface area contributed by atoms with E-state index in [9.17, 15) is 9.18 Å². The number of rotatable bonds is 6. The van der Waals surface area contributed by atoms with Crippen LogP contribution in [0.2, 0.25) is 0 Å². The van der Waals surface area contributed by atoms with E-state index in [0.29, 0.717) is 36.7 Å². The first-order valence-electron chi connectivity index (χ1n) is 9.89. The molecule has 1 amide bonds. The lowest BCUT2D eigenvalue weighted by atomic mass is 10.1. The highest BCUT2D eigenvalue weighted by molar-refractivity contribution is 5.93. The van der Waals surface area contributed by atoms with Crippen LogP contribution in [0, 0.1) is 12.7 Å². The Hall–Kier alpha value is -3.35. The van der Waals surface area contributed by atoms with E-state index < -0.39 is 0 Å². The number of amides is 1. The molecule has 1 heterocycles. The number of furan rings is 1. The lowest BCUT2D eigenvalue weighted by molar-refractivity contribution is 0.0827. The molecule has 0 saturated heterocycles. The van der Waals surface area contributed by atoms with Gasteiger partial charge < -0.3 is 20.0 Å². The zero-order chi connectivity index (χ0) is 21.7. The van der Waals surface area contributed by atoms with Gasteiger partial charge in [0.25, 0.3) is 5.91 Å². The predicted octanol–water partition coefficient (Wildman–Crippen LogP) is 3.84. The highest BCUT2D eigenvalue weighted by Gasteiger charge is 2.12. The molecule has 0 bridgehead atoms. The van der Waals surface area contributed by atoms with Crippen LogP contribution in [0.1, 0.15) is 34.2 Å². The van der Waals surface area contributed by atoms with Gasteiger partial charge in [0.05, 0.1) is 13.1 Å². The third-order valence-corrected chi connectivity index (χ3v) is 4.78. The van der Waals surface area contributed by atoms with Gasteiger partial charge in [0.2, 0.25) is 0 Å². The van der Waals surface area contributed by atoms with Crippen molar-refractivity contribution in [2.45, 2.75) is 26.9 Å². The standard InChI is InChI=1S/C23H27FN4O2/c1-5-25-23(26-13-16-6-8-17(9-7-16)22(29)28(3)4)27-14-21-15(2)19-12-18(24)10-11-20(19)30-21/h6-12H,5,13-14H2,1-4H3,(H2,25,26,27). The van der Waals surface area contributed by atoms with Crippen LogP contribution >= 0.6 is 0 Å². The van der Waals surface area contributed by atoms with E-state index in [2.05, 4.69) is 15.6 Å². The van der Waals surface area contributed by atoms with Gasteiger partial charge in [0, 0.05) is 37.2 Å². The van der Waals surface area contributed by atoms with Crippen LogP contribution in [0.5, 0.6) is 0 Å². The molecular formula is C23H27FN4O2. The van der Waals surface area contributed by atoms with Crippen molar-refractivity contribution in [3.05, 3.63) is 70.7 Å². The van der Waals surface area contributed by atoms with E-state index in [4.69, 9.17) is 4.42 Å². The number of aryl methyl sites for hydroxylation is 1. The van der Waals surface area contributed by atoms with Gasteiger partial charge in [-0.1, -0.05) is 12.1 Å². The summed E-state index contributed by atoms with van der Waals surface area (Å²) in [6.45, 7) is 5.53. The molecule has 0 saturated carbocycles. The molecule has 7 heteroatoms. The van der Waals surface area contributed by atoms with Gasteiger partial charge in [-0.2, -0.15) is 0 Å². The number of halogens is 1. The van der Waals surface area contributed by atoms with Crippen molar-refractivity contribution >= 4 is 22.8 Å². The van der Waals surface area contributed by atoms with Crippen molar-refractivity contribution in [3.63, 3.8) is 0 Å². The first-order chi connectivity index (χ1) is 14.4. The Kier molecular flexibility index (Phi) is 6.72. The number of nitrogens with one attached hydrogen (secondary N) is 2. The maximum Gasteiger partial charge on any atom is 0.253 e. The summed E-state index contributed by atoms with van der Waals surface area (Å²) >= 11 is 0. The van der Waals surface area contributed by atoms with Crippen molar-refractivity contribution < 1.29 is 13.6 Å². The van der Waals surface area contributed by atoms with E-state index in [1.807, 2.05) is 38.1 Å². The first-order valence-corrected chi connectivity index (χ1v) is 9.89. The number of guanidine groups is 1. The summed E-state index contributed by atoms with van der Waals surface area (Å²) in [5.41, 5.74) is 3.22. The molecule has 0 aliphatic rings. The summed E-state index contributed by atoms with van der Waals surface area (Å²) in [6.07, 6.45) is 0. The second-order valence-electron chi connectivity index (χ2n) is 7.24. The number of hydrogen-bond acceptors (Lipinski definition) is 3. The minimum atomic E-state index is -0.279.